The lowest BCUT2D eigenvalue weighted by atomic mass is 10.1. The van der Waals surface area contributed by atoms with Crippen molar-refractivity contribution in [3.63, 3.8) is 0 Å². The van der Waals surface area contributed by atoms with Gasteiger partial charge in [-0.15, -0.1) is 0 Å². The number of hydrogen-bond donors (Lipinski definition) is 1. The molecule has 5 nitrogen and oxygen atoms in total. The van der Waals surface area contributed by atoms with Crippen LogP contribution in [0, 0.1) is 6.92 Å². The molecule has 1 atom stereocenters. The number of nitrogens with zero attached hydrogens (tertiary/aromatic N) is 2. The van der Waals surface area contributed by atoms with Crippen LogP contribution in [-0.4, -0.2) is 46.2 Å². The Kier molecular flexibility index (Phi) is 4.30. The molecule has 2 aromatic rings. The number of carbonyl (C=O) groups is 1. The van der Waals surface area contributed by atoms with Crippen molar-refractivity contribution >= 4 is 5.91 Å². The van der Waals surface area contributed by atoms with E-state index in [0.29, 0.717) is 18.5 Å². The van der Waals surface area contributed by atoms with Crippen LogP contribution in [0.1, 0.15) is 22.3 Å². The maximum absolute atomic E-state index is 12.4. The molecular formula is C18H20N2O3. The highest BCUT2D eigenvalue weighted by Gasteiger charge is 2.39. The van der Waals surface area contributed by atoms with Crippen molar-refractivity contribution < 1.29 is 14.6 Å². The lowest BCUT2D eigenvalue weighted by Gasteiger charge is -2.23. The van der Waals surface area contributed by atoms with E-state index < -0.39 is 5.60 Å². The SMILES string of the molecule is Cc1ccc(OCC2(O)CCN(C(=O)c3ccncc3)C2)cc1. The average molecular weight is 312 g/mol. The number of hydrogen-bond acceptors (Lipinski definition) is 4. The fourth-order valence-electron chi connectivity index (χ4n) is 2.68. The number of amides is 1. The third-order valence-electron chi connectivity index (χ3n) is 4.08. The largest absolute Gasteiger partial charge is 0.491 e. The Labute approximate surface area is 135 Å². The van der Waals surface area contributed by atoms with Crippen molar-refractivity contribution in [3.8, 4) is 5.75 Å². The summed E-state index contributed by atoms with van der Waals surface area (Å²) in [6.45, 7) is 2.99. The lowest BCUT2D eigenvalue weighted by Crippen LogP contribution is -2.40. The van der Waals surface area contributed by atoms with Crippen molar-refractivity contribution in [2.45, 2.75) is 18.9 Å². The van der Waals surface area contributed by atoms with Gasteiger partial charge >= 0.3 is 0 Å². The molecule has 0 saturated carbocycles. The Morgan fingerprint density at radius 2 is 1.96 bits per heavy atom. The second-order valence-corrected chi connectivity index (χ2v) is 6.04. The zero-order valence-electron chi connectivity index (χ0n) is 13.1. The molecule has 0 radical (unpaired) electrons. The van der Waals surface area contributed by atoms with Crippen LogP contribution in [0.15, 0.2) is 48.8 Å². The molecule has 1 saturated heterocycles. The van der Waals surface area contributed by atoms with Gasteiger partial charge in [0.2, 0.25) is 0 Å². The fourth-order valence-corrected chi connectivity index (χ4v) is 2.68. The van der Waals surface area contributed by atoms with Gasteiger partial charge in [-0.1, -0.05) is 17.7 Å². The van der Waals surface area contributed by atoms with Gasteiger partial charge in [-0.25, -0.2) is 0 Å². The molecule has 1 N–H and O–H groups in total. The highest BCUT2D eigenvalue weighted by Crippen LogP contribution is 2.24. The summed E-state index contributed by atoms with van der Waals surface area (Å²) in [7, 11) is 0. The highest BCUT2D eigenvalue weighted by molar-refractivity contribution is 5.94. The third-order valence-corrected chi connectivity index (χ3v) is 4.08. The standard InChI is InChI=1S/C18H20N2O3/c1-14-2-4-16(5-3-14)23-13-18(22)8-11-20(12-18)17(21)15-6-9-19-10-7-15/h2-7,9-10,22H,8,11-13H2,1H3. The van der Waals surface area contributed by atoms with E-state index in [9.17, 15) is 9.90 Å². The second kappa shape index (κ2) is 6.38. The van der Waals surface area contributed by atoms with Gasteiger partial charge in [0.15, 0.2) is 0 Å². The van der Waals surface area contributed by atoms with Crippen molar-refractivity contribution in [2.24, 2.45) is 0 Å². The Morgan fingerprint density at radius 1 is 1.26 bits per heavy atom. The van der Waals surface area contributed by atoms with Gasteiger partial charge in [0.05, 0.1) is 6.54 Å². The van der Waals surface area contributed by atoms with Gasteiger partial charge in [0.1, 0.15) is 18.0 Å². The van der Waals surface area contributed by atoms with Gasteiger partial charge in [-0.2, -0.15) is 0 Å². The predicted molar refractivity (Wildman–Crippen MR) is 86.4 cm³/mol. The van der Waals surface area contributed by atoms with Crippen LogP contribution in [0.3, 0.4) is 0 Å². The summed E-state index contributed by atoms with van der Waals surface area (Å²) in [5.74, 6) is 0.640. The first-order chi connectivity index (χ1) is 11.1. The molecule has 5 heteroatoms. The minimum Gasteiger partial charge on any atom is -0.491 e. The highest BCUT2D eigenvalue weighted by atomic mass is 16.5. The molecule has 0 spiro atoms. The number of rotatable bonds is 4. The van der Waals surface area contributed by atoms with Crippen LogP contribution in [-0.2, 0) is 0 Å². The molecule has 1 aromatic carbocycles. The first-order valence-electron chi connectivity index (χ1n) is 7.67. The number of β-amino-alcohol motifs (C(OH)–C–C–N with tert-alkyl or cyclic N) is 1. The molecule has 120 valence electrons. The van der Waals surface area contributed by atoms with E-state index >= 15 is 0 Å². The molecular weight excluding hydrogens is 292 g/mol. The molecule has 1 fully saturated rings. The maximum Gasteiger partial charge on any atom is 0.254 e. The molecule has 1 unspecified atom stereocenters. The number of benzene rings is 1. The number of aliphatic hydroxyl groups is 1. The van der Waals surface area contributed by atoms with E-state index in [1.54, 1.807) is 29.4 Å². The molecule has 0 bridgehead atoms. The van der Waals surface area contributed by atoms with Crippen LogP contribution in [0.5, 0.6) is 5.75 Å². The lowest BCUT2D eigenvalue weighted by molar-refractivity contribution is 0.00430. The van der Waals surface area contributed by atoms with E-state index in [1.165, 1.54) is 0 Å². The molecule has 1 aliphatic rings. The fraction of sp³-hybridized carbons (Fsp3) is 0.333. The number of pyridine rings is 1. The maximum atomic E-state index is 12.4. The van der Waals surface area contributed by atoms with E-state index in [4.69, 9.17) is 4.74 Å². The van der Waals surface area contributed by atoms with E-state index in [-0.39, 0.29) is 19.1 Å². The Morgan fingerprint density at radius 3 is 2.65 bits per heavy atom. The Hall–Kier alpha value is -2.40. The van der Waals surface area contributed by atoms with Crippen molar-refractivity contribution in [3.05, 3.63) is 59.9 Å². The van der Waals surface area contributed by atoms with Crippen molar-refractivity contribution in [1.82, 2.24) is 9.88 Å². The summed E-state index contributed by atoms with van der Waals surface area (Å²) in [6.07, 6.45) is 3.70. The van der Waals surface area contributed by atoms with Crippen LogP contribution in [0.2, 0.25) is 0 Å². The number of likely N-dealkylation sites (tertiary alicyclic amines) is 1. The monoisotopic (exact) mass is 312 g/mol. The molecule has 1 aromatic heterocycles. The van der Waals surface area contributed by atoms with Gasteiger partial charge < -0.3 is 14.7 Å². The topological polar surface area (TPSA) is 62.7 Å². The van der Waals surface area contributed by atoms with Crippen LogP contribution in [0.25, 0.3) is 0 Å². The summed E-state index contributed by atoms with van der Waals surface area (Å²) in [6, 6.07) is 11.1. The smallest absolute Gasteiger partial charge is 0.254 e. The number of aryl methyl sites for hydroxylation is 1. The summed E-state index contributed by atoms with van der Waals surface area (Å²) in [5, 5.41) is 10.6. The van der Waals surface area contributed by atoms with E-state index in [2.05, 4.69) is 4.98 Å². The number of carbonyl (C=O) groups excluding carboxylic acids is 1. The molecule has 23 heavy (non-hydrogen) atoms. The molecule has 3 rings (SSSR count). The Balaban J connectivity index is 1.59. The van der Waals surface area contributed by atoms with Crippen LogP contribution in [0.4, 0.5) is 0 Å². The first-order valence-corrected chi connectivity index (χ1v) is 7.67. The zero-order valence-corrected chi connectivity index (χ0v) is 13.1. The minimum atomic E-state index is -1.01. The van der Waals surface area contributed by atoms with Gasteiger partial charge in [-0.3, -0.25) is 9.78 Å². The van der Waals surface area contributed by atoms with Crippen molar-refractivity contribution in [2.75, 3.05) is 19.7 Å². The molecule has 1 amide bonds. The van der Waals surface area contributed by atoms with Gasteiger partial charge in [0.25, 0.3) is 5.91 Å². The van der Waals surface area contributed by atoms with Crippen molar-refractivity contribution in [1.29, 1.82) is 0 Å². The normalized spacial score (nSPS) is 20.5. The second-order valence-electron chi connectivity index (χ2n) is 6.04. The predicted octanol–water partition coefficient (Wildman–Crippen LogP) is 2.05. The van der Waals surface area contributed by atoms with E-state index in [0.717, 1.165) is 11.3 Å². The first kappa shape index (κ1) is 15.5. The van der Waals surface area contributed by atoms with Gasteiger partial charge in [-0.05, 0) is 37.6 Å². The van der Waals surface area contributed by atoms with E-state index in [1.807, 2.05) is 31.2 Å². The average Bonchev–Trinajstić information content (AvgIpc) is 2.97. The summed E-state index contributed by atoms with van der Waals surface area (Å²) in [4.78, 5) is 18.0. The molecule has 1 aliphatic heterocycles. The van der Waals surface area contributed by atoms with Crippen LogP contribution < -0.4 is 4.74 Å². The molecule has 2 heterocycles. The van der Waals surface area contributed by atoms with Crippen LogP contribution >= 0.6 is 0 Å². The summed E-state index contributed by atoms with van der Waals surface area (Å²) in [5.41, 5.74) is 0.739. The summed E-state index contributed by atoms with van der Waals surface area (Å²) < 4.78 is 5.68. The minimum absolute atomic E-state index is 0.0846. The Bertz CT molecular complexity index is 672. The molecule has 0 aliphatic carbocycles. The third kappa shape index (κ3) is 3.68. The zero-order chi connectivity index (χ0) is 16.3. The quantitative estimate of drug-likeness (QED) is 0.938. The number of ether oxygens (including phenoxy) is 1. The summed E-state index contributed by atoms with van der Waals surface area (Å²) >= 11 is 0. The van der Waals surface area contributed by atoms with Gasteiger partial charge in [0, 0.05) is 24.5 Å². The number of aromatic nitrogens is 1.